The van der Waals surface area contributed by atoms with Crippen molar-refractivity contribution < 1.29 is 9.53 Å². The summed E-state index contributed by atoms with van der Waals surface area (Å²) in [5.74, 6) is 1.27. The summed E-state index contributed by atoms with van der Waals surface area (Å²) in [7, 11) is 0. The third-order valence-electron chi connectivity index (χ3n) is 4.70. The maximum Gasteiger partial charge on any atom is 0.261 e. The molecule has 1 aromatic carbocycles. The minimum absolute atomic E-state index is 0.0257. The Bertz CT molecular complexity index is 912. The third kappa shape index (κ3) is 3.04. The second-order valence-electron chi connectivity index (χ2n) is 6.65. The number of fused-ring (bicyclic) bond motifs is 2. The van der Waals surface area contributed by atoms with Gasteiger partial charge in [-0.1, -0.05) is 6.08 Å². The highest BCUT2D eigenvalue weighted by Gasteiger charge is 2.24. The maximum atomic E-state index is 12.9. The number of aromatic nitrogens is 2. The van der Waals surface area contributed by atoms with E-state index in [9.17, 15) is 9.59 Å². The molecule has 25 heavy (non-hydrogen) atoms. The van der Waals surface area contributed by atoms with Crippen molar-refractivity contribution in [1.82, 2.24) is 14.9 Å². The predicted octanol–water partition coefficient (Wildman–Crippen LogP) is 1.73. The van der Waals surface area contributed by atoms with Crippen LogP contribution in [0.3, 0.4) is 0 Å². The van der Waals surface area contributed by atoms with Crippen molar-refractivity contribution in [2.45, 2.75) is 44.7 Å². The molecule has 6 heteroatoms. The standard InChI is InChI=1S/C19H21N3O3/c1-2-4-13-15(25-11-17(23)20-12-6-7-12)9-8-14-18(13)19(24)22-10-3-5-16(22)21-14/h2,8-9,12H,1,3-7,10-11H2,(H,20,23). The summed E-state index contributed by atoms with van der Waals surface area (Å²) < 4.78 is 7.48. The first-order chi connectivity index (χ1) is 12.2. The smallest absolute Gasteiger partial charge is 0.261 e. The zero-order valence-corrected chi connectivity index (χ0v) is 14.1. The van der Waals surface area contributed by atoms with E-state index in [1.54, 1.807) is 22.8 Å². The first kappa shape index (κ1) is 15.9. The van der Waals surface area contributed by atoms with Crippen molar-refractivity contribution in [2.75, 3.05) is 6.61 Å². The van der Waals surface area contributed by atoms with Gasteiger partial charge < -0.3 is 10.1 Å². The fourth-order valence-electron chi connectivity index (χ4n) is 3.34. The second-order valence-corrected chi connectivity index (χ2v) is 6.65. The highest BCUT2D eigenvalue weighted by molar-refractivity contribution is 5.84. The van der Waals surface area contributed by atoms with Crippen LogP contribution < -0.4 is 15.6 Å². The molecule has 4 rings (SSSR count). The lowest BCUT2D eigenvalue weighted by Crippen LogP contribution is -2.30. The molecule has 2 aliphatic rings. The number of hydrogen-bond donors (Lipinski definition) is 1. The third-order valence-corrected chi connectivity index (χ3v) is 4.70. The number of nitrogens with one attached hydrogen (secondary N) is 1. The Morgan fingerprint density at radius 2 is 2.28 bits per heavy atom. The SMILES string of the molecule is C=CCc1c(OCC(=O)NC2CC2)ccc2nc3n(c(=O)c12)CCC3. The van der Waals surface area contributed by atoms with E-state index in [1.807, 2.05) is 0 Å². The second kappa shape index (κ2) is 6.35. The van der Waals surface area contributed by atoms with Crippen molar-refractivity contribution in [3.8, 4) is 5.75 Å². The maximum absolute atomic E-state index is 12.9. The number of nitrogens with zero attached hydrogens (tertiary/aromatic N) is 2. The van der Waals surface area contributed by atoms with Gasteiger partial charge in [-0.05, 0) is 37.8 Å². The first-order valence-corrected chi connectivity index (χ1v) is 8.75. The minimum atomic E-state index is -0.129. The number of carbonyl (C=O) groups excluding carboxylic acids is 1. The molecule has 0 unspecified atom stereocenters. The lowest BCUT2D eigenvalue weighted by Gasteiger charge is -2.14. The van der Waals surface area contributed by atoms with Gasteiger partial charge in [0.1, 0.15) is 11.6 Å². The van der Waals surface area contributed by atoms with Crippen LogP contribution in [0.2, 0.25) is 0 Å². The van der Waals surface area contributed by atoms with Crippen LogP contribution in [0.5, 0.6) is 5.75 Å². The van der Waals surface area contributed by atoms with Crippen LogP contribution in [-0.4, -0.2) is 28.1 Å². The van der Waals surface area contributed by atoms with Gasteiger partial charge in [0.15, 0.2) is 6.61 Å². The van der Waals surface area contributed by atoms with Crippen molar-refractivity contribution in [1.29, 1.82) is 0 Å². The molecule has 1 saturated carbocycles. The highest BCUT2D eigenvalue weighted by atomic mass is 16.5. The van der Waals surface area contributed by atoms with Gasteiger partial charge in [0.05, 0.1) is 10.9 Å². The molecule has 1 aliphatic heterocycles. The van der Waals surface area contributed by atoms with Crippen LogP contribution >= 0.6 is 0 Å². The molecule has 6 nitrogen and oxygen atoms in total. The molecule has 0 atom stereocenters. The van der Waals surface area contributed by atoms with Crippen molar-refractivity contribution in [3.63, 3.8) is 0 Å². The molecule has 1 fully saturated rings. The van der Waals surface area contributed by atoms with Crippen molar-refractivity contribution in [2.24, 2.45) is 0 Å². The van der Waals surface area contributed by atoms with E-state index in [2.05, 4.69) is 16.9 Å². The number of hydrogen-bond acceptors (Lipinski definition) is 4. The summed E-state index contributed by atoms with van der Waals surface area (Å²) in [5, 5.41) is 3.47. The van der Waals surface area contributed by atoms with E-state index >= 15 is 0 Å². The van der Waals surface area contributed by atoms with Gasteiger partial charge >= 0.3 is 0 Å². The summed E-state index contributed by atoms with van der Waals surface area (Å²) >= 11 is 0. The lowest BCUT2D eigenvalue weighted by atomic mass is 10.0. The fraction of sp³-hybridized carbons (Fsp3) is 0.421. The van der Waals surface area contributed by atoms with Gasteiger partial charge in [0.2, 0.25) is 0 Å². The monoisotopic (exact) mass is 339 g/mol. The van der Waals surface area contributed by atoms with E-state index in [0.29, 0.717) is 35.7 Å². The van der Waals surface area contributed by atoms with Gasteiger partial charge in [-0.25, -0.2) is 4.98 Å². The Labute approximate surface area is 145 Å². The molecule has 130 valence electrons. The molecule has 2 heterocycles. The molecule has 1 amide bonds. The predicted molar refractivity (Wildman–Crippen MR) is 94.9 cm³/mol. The van der Waals surface area contributed by atoms with Crippen molar-refractivity contribution >= 4 is 16.8 Å². The number of amides is 1. The lowest BCUT2D eigenvalue weighted by molar-refractivity contribution is -0.123. The Morgan fingerprint density at radius 3 is 3.04 bits per heavy atom. The van der Waals surface area contributed by atoms with Crippen LogP contribution in [-0.2, 0) is 24.2 Å². The van der Waals surface area contributed by atoms with Crippen LogP contribution in [0.25, 0.3) is 10.9 Å². The number of benzene rings is 1. The van der Waals surface area contributed by atoms with Gasteiger partial charge in [-0.3, -0.25) is 14.2 Å². The van der Waals surface area contributed by atoms with Gasteiger partial charge in [-0.15, -0.1) is 6.58 Å². The average molecular weight is 339 g/mol. The van der Waals surface area contributed by atoms with E-state index in [4.69, 9.17) is 4.74 Å². The minimum Gasteiger partial charge on any atom is -0.483 e. The normalized spacial score (nSPS) is 15.8. The summed E-state index contributed by atoms with van der Waals surface area (Å²) in [6, 6.07) is 3.90. The van der Waals surface area contributed by atoms with Crippen LogP contribution in [0.15, 0.2) is 29.6 Å². The van der Waals surface area contributed by atoms with Crippen LogP contribution in [0.1, 0.15) is 30.7 Å². The molecule has 0 saturated heterocycles. The largest absolute Gasteiger partial charge is 0.483 e. The topological polar surface area (TPSA) is 73.2 Å². The van der Waals surface area contributed by atoms with E-state index in [0.717, 1.165) is 37.1 Å². The highest BCUT2D eigenvalue weighted by Crippen LogP contribution is 2.27. The quantitative estimate of drug-likeness (QED) is 0.814. The average Bonchev–Trinajstić information content (AvgIpc) is 3.28. The number of carbonyl (C=O) groups is 1. The van der Waals surface area contributed by atoms with E-state index in [1.165, 1.54) is 0 Å². The molecule has 0 bridgehead atoms. The summed E-state index contributed by atoms with van der Waals surface area (Å²) in [5.41, 5.74) is 1.42. The van der Waals surface area contributed by atoms with Gasteiger partial charge in [-0.2, -0.15) is 0 Å². The molecule has 0 spiro atoms. The summed E-state index contributed by atoms with van der Waals surface area (Å²) in [6.45, 7) is 4.44. The Balaban J connectivity index is 1.71. The Kier molecular flexibility index (Phi) is 4.03. The number of rotatable bonds is 6. The zero-order valence-electron chi connectivity index (χ0n) is 14.1. The molecular weight excluding hydrogens is 318 g/mol. The number of ether oxygens (including phenoxy) is 1. The van der Waals surface area contributed by atoms with E-state index in [-0.39, 0.29) is 18.1 Å². The van der Waals surface area contributed by atoms with Gasteiger partial charge in [0, 0.05) is 24.6 Å². The number of aryl methyl sites for hydroxylation is 1. The Morgan fingerprint density at radius 1 is 1.44 bits per heavy atom. The molecule has 2 aromatic rings. The van der Waals surface area contributed by atoms with Crippen LogP contribution in [0, 0.1) is 0 Å². The molecular formula is C19H21N3O3. The van der Waals surface area contributed by atoms with E-state index < -0.39 is 0 Å². The summed E-state index contributed by atoms with van der Waals surface area (Å²) in [6.07, 6.45) is 6.09. The molecule has 0 radical (unpaired) electrons. The Hall–Kier alpha value is -2.63. The fourth-order valence-corrected chi connectivity index (χ4v) is 3.34. The van der Waals surface area contributed by atoms with Gasteiger partial charge in [0.25, 0.3) is 11.5 Å². The van der Waals surface area contributed by atoms with Crippen LogP contribution in [0.4, 0.5) is 0 Å². The molecule has 1 N–H and O–H groups in total. The first-order valence-electron chi connectivity index (χ1n) is 8.75. The number of allylic oxidation sites excluding steroid dienone is 1. The molecule has 1 aromatic heterocycles. The zero-order chi connectivity index (χ0) is 17.4. The summed E-state index contributed by atoms with van der Waals surface area (Å²) in [4.78, 5) is 29.4. The van der Waals surface area contributed by atoms with Crippen molar-refractivity contribution in [3.05, 3.63) is 46.5 Å². The molecule has 1 aliphatic carbocycles.